The molecule has 3 nitrogen and oxygen atoms in total. The molecule has 0 unspecified atom stereocenters. The molecule has 72 valence electrons. The summed E-state index contributed by atoms with van der Waals surface area (Å²) in [4.78, 5) is 0. The van der Waals surface area contributed by atoms with Gasteiger partial charge in [-0.15, -0.1) is 0 Å². The third kappa shape index (κ3) is 2.63. The van der Waals surface area contributed by atoms with Crippen LogP contribution >= 0.6 is 0 Å². The zero-order valence-corrected chi connectivity index (χ0v) is 7.57. The summed E-state index contributed by atoms with van der Waals surface area (Å²) in [5, 5.41) is 27.5. The molecule has 3 heteroatoms. The first-order valence-electron chi connectivity index (χ1n) is 4.32. The first-order valence-corrected chi connectivity index (χ1v) is 4.32. The van der Waals surface area contributed by atoms with Crippen molar-refractivity contribution in [3.63, 3.8) is 0 Å². The predicted octanol–water partition coefficient (Wildman–Crippen LogP) is 1.41. The Bertz CT molecular complexity index is 283. The van der Waals surface area contributed by atoms with Crippen LogP contribution in [-0.2, 0) is 6.42 Å². The molecule has 3 N–H and O–H groups in total. The molecule has 0 aliphatic rings. The number of aliphatic hydroxyl groups excluding tert-OH is 1. The summed E-state index contributed by atoms with van der Waals surface area (Å²) in [6.45, 7) is 1.89. The molecule has 1 aromatic rings. The second-order valence-corrected chi connectivity index (χ2v) is 3.09. The van der Waals surface area contributed by atoms with E-state index in [1.54, 1.807) is 6.07 Å². The average Bonchev–Trinajstić information content (AvgIpc) is 2.11. The molecule has 0 saturated carbocycles. The lowest BCUT2D eigenvalue weighted by atomic mass is 10.1. The summed E-state index contributed by atoms with van der Waals surface area (Å²) in [6, 6.07) is 4.58. The largest absolute Gasteiger partial charge is 0.504 e. The molecule has 0 amide bonds. The van der Waals surface area contributed by atoms with Crippen LogP contribution < -0.4 is 0 Å². The van der Waals surface area contributed by atoms with E-state index in [-0.39, 0.29) is 17.6 Å². The third-order valence-corrected chi connectivity index (χ3v) is 1.98. The lowest BCUT2D eigenvalue weighted by Gasteiger charge is -2.07. The smallest absolute Gasteiger partial charge is 0.157 e. The first-order chi connectivity index (χ1) is 6.13. The molecule has 0 radical (unpaired) electrons. The molecule has 0 aliphatic heterocycles. The lowest BCUT2D eigenvalue weighted by molar-refractivity contribution is 0.170. The van der Waals surface area contributed by atoms with E-state index in [0.717, 1.165) is 5.56 Å². The van der Waals surface area contributed by atoms with Crippen LogP contribution in [-0.4, -0.2) is 21.4 Å². The summed E-state index contributed by atoms with van der Waals surface area (Å²) in [7, 11) is 0. The van der Waals surface area contributed by atoms with Crippen molar-refractivity contribution < 1.29 is 15.3 Å². The summed E-state index contributed by atoms with van der Waals surface area (Å²) in [6.07, 6.45) is 0.801. The SMILES string of the molecule is CC[C@@H](O)Cc1ccc(O)c(O)c1. The Morgan fingerprint density at radius 3 is 2.46 bits per heavy atom. The number of aromatic hydroxyl groups is 2. The number of hydrogen-bond donors (Lipinski definition) is 3. The van der Waals surface area contributed by atoms with Crippen molar-refractivity contribution in [3.05, 3.63) is 23.8 Å². The Hall–Kier alpha value is -1.22. The number of benzene rings is 1. The van der Waals surface area contributed by atoms with Crippen LogP contribution in [0.15, 0.2) is 18.2 Å². The molecule has 0 bridgehead atoms. The van der Waals surface area contributed by atoms with E-state index in [4.69, 9.17) is 10.2 Å². The van der Waals surface area contributed by atoms with Crippen molar-refractivity contribution in [1.29, 1.82) is 0 Å². The van der Waals surface area contributed by atoms with Gasteiger partial charge in [0.05, 0.1) is 6.10 Å². The minimum Gasteiger partial charge on any atom is -0.504 e. The van der Waals surface area contributed by atoms with E-state index in [9.17, 15) is 5.11 Å². The van der Waals surface area contributed by atoms with Crippen LogP contribution in [0.4, 0.5) is 0 Å². The lowest BCUT2D eigenvalue weighted by Crippen LogP contribution is -2.07. The van der Waals surface area contributed by atoms with E-state index >= 15 is 0 Å². The fourth-order valence-corrected chi connectivity index (χ4v) is 1.11. The molecular weight excluding hydrogens is 168 g/mol. The van der Waals surface area contributed by atoms with Gasteiger partial charge < -0.3 is 15.3 Å². The van der Waals surface area contributed by atoms with Crippen molar-refractivity contribution in [2.24, 2.45) is 0 Å². The maximum Gasteiger partial charge on any atom is 0.157 e. The highest BCUT2D eigenvalue weighted by Gasteiger charge is 2.05. The third-order valence-electron chi connectivity index (χ3n) is 1.98. The van der Waals surface area contributed by atoms with Gasteiger partial charge >= 0.3 is 0 Å². The predicted molar refractivity (Wildman–Crippen MR) is 49.8 cm³/mol. The molecule has 0 heterocycles. The van der Waals surface area contributed by atoms with Gasteiger partial charge in [0.1, 0.15) is 0 Å². The fraction of sp³-hybridized carbons (Fsp3) is 0.400. The summed E-state index contributed by atoms with van der Waals surface area (Å²) in [5.41, 5.74) is 0.824. The Morgan fingerprint density at radius 2 is 1.92 bits per heavy atom. The maximum atomic E-state index is 9.33. The van der Waals surface area contributed by atoms with Crippen LogP contribution in [0.25, 0.3) is 0 Å². The van der Waals surface area contributed by atoms with Gasteiger partial charge in [-0.25, -0.2) is 0 Å². The molecule has 0 spiro atoms. The quantitative estimate of drug-likeness (QED) is 0.619. The molecule has 0 aromatic heterocycles. The Balaban J connectivity index is 2.73. The van der Waals surface area contributed by atoms with Gasteiger partial charge in [0.25, 0.3) is 0 Å². The molecule has 0 aliphatic carbocycles. The molecular formula is C10H14O3. The number of phenols is 2. The molecule has 13 heavy (non-hydrogen) atoms. The van der Waals surface area contributed by atoms with E-state index in [1.807, 2.05) is 6.92 Å². The van der Waals surface area contributed by atoms with Crippen LogP contribution in [0, 0.1) is 0 Å². The van der Waals surface area contributed by atoms with Gasteiger partial charge in [-0.3, -0.25) is 0 Å². The Morgan fingerprint density at radius 1 is 1.23 bits per heavy atom. The summed E-state index contributed by atoms with van der Waals surface area (Å²) < 4.78 is 0. The minimum atomic E-state index is -0.385. The summed E-state index contributed by atoms with van der Waals surface area (Å²) >= 11 is 0. The average molecular weight is 182 g/mol. The maximum absolute atomic E-state index is 9.33. The van der Waals surface area contributed by atoms with Crippen LogP contribution in [0.3, 0.4) is 0 Å². The van der Waals surface area contributed by atoms with Crippen LogP contribution in [0.5, 0.6) is 11.5 Å². The number of rotatable bonds is 3. The highest BCUT2D eigenvalue weighted by atomic mass is 16.3. The van der Waals surface area contributed by atoms with E-state index in [1.165, 1.54) is 12.1 Å². The van der Waals surface area contributed by atoms with E-state index in [2.05, 4.69) is 0 Å². The zero-order chi connectivity index (χ0) is 9.84. The highest BCUT2D eigenvalue weighted by Crippen LogP contribution is 2.25. The standard InChI is InChI=1S/C10H14O3/c1-2-8(11)5-7-3-4-9(12)10(13)6-7/h3-4,6,8,11-13H,2,5H2,1H3/t8-/m1/s1. The normalized spacial score (nSPS) is 12.8. The van der Waals surface area contributed by atoms with Crippen molar-refractivity contribution in [3.8, 4) is 11.5 Å². The summed E-state index contributed by atoms with van der Waals surface area (Å²) in [5.74, 6) is -0.268. The second kappa shape index (κ2) is 4.14. The monoisotopic (exact) mass is 182 g/mol. The minimum absolute atomic E-state index is 0.130. The van der Waals surface area contributed by atoms with Crippen molar-refractivity contribution >= 4 is 0 Å². The van der Waals surface area contributed by atoms with Gasteiger partial charge in [-0.05, 0) is 30.5 Å². The van der Waals surface area contributed by atoms with Crippen LogP contribution in [0.2, 0.25) is 0 Å². The van der Waals surface area contributed by atoms with Gasteiger partial charge in [0, 0.05) is 0 Å². The Labute approximate surface area is 77.3 Å². The second-order valence-electron chi connectivity index (χ2n) is 3.09. The van der Waals surface area contributed by atoms with E-state index < -0.39 is 0 Å². The highest BCUT2D eigenvalue weighted by molar-refractivity contribution is 5.40. The topological polar surface area (TPSA) is 60.7 Å². The van der Waals surface area contributed by atoms with Crippen molar-refractivity contribution in [2.75, 3.05) is 0 Å². The molecule has 1 atom stereocenters. The molecule has 1 rings (SSSR count). The number of aliphatic hydroxyl groups is 1. The molecule has 0 saturated heterocycles. The zero-order valence-electron chi connectivity index (χ0n) is 7.57. The molecule has 1 aromatic carbocycles. The van der Waals surface area contributed by atoms with Gasteiger partial charge in [0.2, 0.25) is 0 Å². The molecule has 0 fully saturated rings. The van der Waals surface area contributed by atoms with E-state index in [0.29, 0.717) is 12.8 Å². The van der Waals surface area contributed by atoms with Crippen molar-refractivity contribution in [2.45, 2.75) is 25.9 Å². The van der Waals surface area contributed by atoms with Crippen LogP contribution in [0.1, 0.15) is 18.9 Å². The fourth-order valence-electron chi connectivity index (χ4n) is 1.11. The van der Waals surface area contributed by atoms with Gasteiger partial charge in [-0.1, -0.05) is 13.0 Å². The number of phenolic OH excluding ortho intramolecular Hbond substituents is 2. The Kier molecular flexibility index (Phi) is 3.14. The van der Waals surface area contributed by atoms with Gasteiger partial charge in [0.15, 0.2) is 11.5 Å². The number of hydrogen-bond acceptors (Lipinski definition) is 3. The van der Waals surface area contributed by atoms with Gasteiger partial charge in [-0.2, -0.15) is 0 Å². The first kappa shape index (κ1) is 9.86. The van der Waals surface area contributed by atoms with Crippen molar-refractivity contribution in [1.82, 2.24) is 0 Å².